The molecule has 0 spiro atoms. The summed E-state index contributed by atoms with van der Waals surface area (Å²) in [4.78, 5) is 42.9. The number of hydrogen-bond acceptors (Lipinski definition) is 4. The summed E-state index contributed by atoms with van der Waals surface area (Å²) in [7, 11) is 3.91. The Morgan fingerprint density at radius 2 is 1.33 bits per heavy atom. The van der Waals surface area contributed by atoms with E-state index >= 15 is 0 Å². The first-order chi connectivity index (χ1) is 16.0. The van der Waals surface area contributed by atoms with Crippen molar-refractivity contribution in [2.75, 3.05) is 20.6 Å². The molecule has 0 saturated carbocycles. The largest absolute Gasteiger partial charge is 0.352 e. The van der Waals surface area contributed by atoms with Gasteiger partial charge in [0.1, 0.15) is 6.04 Å². The first-order valence-corrected chi connectivity index (χ1v) is 11.0. The lowest BCUT2D eigenvalue weighted by molar-refractivity contribution is -0.125. The summed E-state index contributed by atoms with van der Waals surface area (Å²) >= 11 is 0. The second-order valence-corrected chi connectivity index (χ2v) is 8.37. The fraction of sp³-hybridized carbons (Fsp3) is 0.222. The third-order valence-electron chi connectivity index (χ3n) is 5.99. The first kappa shape index (κ1) is 22.4. The fourth-order valence-corrected chi connectivity index (χ4v) is 4.22. The standard InChI is InChI=1S/C27H27N3O3/c1-29(2)24(20-13-7-4-8-14-20)18-28-25(31)23(17-19-11-5-3-6-12-19)30-26(32)21-15-9-10-16-22(21)27(30)33/h3-16,23-24H,17-18H2,1-2H3,(H,28,31)/t23-,24-/m0/s1. The van der Waals surface area contributed by atoms with Crippen LogP contribution in [0.25, 0.3) is 0 Å². The average Bonchev–Trinajstić information content (AvgIpc) is 3.09. The van der Waals surface area contributed by atoms with Gasteiger partial charge in [-0.3, -0.25) is 19.3 Å². The highest BCUT2D eigenvalue weighted by atomic mass is 16.2. The number of carbonyl (C=O) groups is 3. The molecule has 0 bridgehead atoms. The van der Waals surface area contributed by atoms with Crippen molar-refractivity contribution < 1.29 is 14.4 Å². The number of benzene rings is 3. The van der Waals surface area contributed by atoms with Gasteiger partial charge in [-0.1, -0.05) is 72.8 Å². The number of fused-ring (bicyclic) bond motifs is 1. The maximum atomic E-state index is 13.5. The van der Waals surface area contributed by atoms with E-state index in [4.69, 9.17) is 0 Å². The highest BCUT2D eigenvalue weighted by molar-refractivity contribution is 6.22. The van der Waals surface area contributed by atoms with Crippen molar-refractivity contribution in [1.29, 1.82) is 0 Å². The van der Waals surface area contributed by atoms with Gasteiger partial charge in [-0.25, -0.2) is 0 Å². The van der Waals surface area contributed by atoms with Crippen LogP contribution >= 0.6 is 0 Å². The Morgan fingerprint density at radius 1 is 0.818 bits per heavy atom. The lowest BCUT2D eigenvalue weighted by Crippen LogP contribution is -2.51. The van der Waals surface area contributed by atoms with Crippen LogP contribution in [0.2, 0.25) is 0 Å². The van der Waals surface area contributed by atoms with Gasteiger partial charge in [-0.15, -0.1) is 0 Å². The monoisotopic (exact) mass is 441 g/mol. The first-order valence-electron chi connectivity index (χ1n) is 11.0. The average molecular weight is 442 g/mol. The van der Waals surface area contributed by atoms with Gasteiger partial charge in [0.05, 0.1) is 17.2 Å². The summed E-state index contributed by atoms with van der Waals surface area (Å²) in [5.74, 6) is -1.21. The normalized spacial score (nSPS) is 14.8. The molecule has 2 atom stereocenters. The van der Waals surface area contributed by atoms with Gasteiger partial charge in [0.25, 0.3) is 11.8 Å². The van der Waals surface area contributed by atoms with E-state index < -0.39 is 17.9 Å². The van der Waals surface area contributed by atoms with E-state index in [-0.39, 0.29) is 18.4 Å². The summed E-state index contributed by atoms with van der Waals surface area (Å²) in [5.41, 5.74) is 2.62. The van der Waals surface area contributed by atoms with Crippen LogP contribution in [0, 0.1) is 0 Å². The van der Waals surface area contributed by atoms with Crippen molar-refractivity contribution in [3.05, 3.63) is 107 Å². The molecule has 33 heavy (non-hydrogen) atoms. The maximum absolute atomic E-state index is 13.5. The number of nitrogens with zero attached hydrogens (tertiary/aromatic N) is 2. The summed E-state index contributed by atoms with van der Waals surface area (Å²) in [6.45, 7) is 0.351. The van der Waals surface area contributed by atoms with Gasteiger partial charge in [-0.2, -0.15) is 0 Å². The van der Waals surface area contributed by atoms with Crippen molar-refractivity contribution in [3.63, 3.8) is 0 Å². The zero-order valence-electron chi connectivity index (χ0n) is 18.8. The lowest BCUT2D eigenvalue weighted by atomic mass is 10.0. The Labute approximate surface area is 193 Å². The van der Waals surface area contributed by atoms with Crippen molar-refractivity contribution in [2.24, 2.45) is 0 Å². The highest BCUT2D eigenvalue weighted by Crippen LogP contribution is 2.26. The van der Waals surface area contributed by atoms with E-state index in [0.717, 1.165) is 16.0 Å². The Morgan fingerprint density at radius 3 is 1.88 bits per heavy atom. The van der Waals surface area contributed by atoms with Crippen LogP contribution in [0.5, 0.6) is 0 Å². The van der Waals surface area contributed by atoms with Gasteiger partial charge in [-0.05, 0) is 37.4 Å². The van der Waals surface area contributed by atoms with Crippen LogP contribution in [0.1, 0.15) is 37.9 Å². The van der Waals surface area contributed by atoms with Gasteiger partial charge >= 0.3 is 0 Å². The summed E-state index contributed by atoms with van der Waals surface area (Å²) in [6, 6.07) is 25.1. The minimum absolute atomic E-state index is 0.0466. The van der Waals surface area contributed by atoms with Gasteiger partial charge in [0, 0.05) is 13.0 Å². The predicted molar refractivity (Wildman–Crippen MR) is 127 cm³/mol. The van der Waals surface area contributed by atoms with Crippen LogP contribution < -0.4 is 5.32 Å². The van der Waals surface area contributed by atoms with E-state index in [1.807, 2.05) is 79.7 Å². The zero-order chi connectivity index (χ0) is 23.4. The number of imide groups is 1. The zero-order valence-corrected chi connectivity index (χ0v) is 18.8. The van der Waals surface area contributed by atoms with Crippen molar-refractivity contribution in [2.45, 2.75) is 18.5 Å². The molecule has 1 aliphatic heterocycles. The molecule has 0 saturated heterocycles. The summed E-state index contributed by atoms with van der Waals surface area (Å²) < 4.78 is 0. The summed E-state index contributed by atoms with van der Waals surface area (Å²) in [5, 5.41) is 3.00. The molecule has 6 nitrogen and oxygen atoms in total. The van der Waals surface area contributed by atoms with Crippen LogP contribution in [-0.4, -0.2) is 54.2 Å². The number of amides is 3. The van der Waals surface area contributed by atoms with Crippen molar-refractivity contribution in [1.82, 2.24) is 15.1 Å². The molecule has 1 aliphatic rings. The number of hydrogen-bond donors (Lipinski definition) is 1. The molecule has 168 valence electrons. The lowest BCUT2D eigenvalue weighted by Gasteiger charge is -2.29. The molecule has 1 heterocycles. The molecule has 0 radical (unpaired) electrons. The Kier molecular flexibility index (Phi) is 6.66. The molecular formula is C27H27N3O3. The van der Waals surface area contributed by atoms with E-state index in [2.05, 4.69) is 5.32 Å². The van der Waals surface area contributed by atoms with E-state index in [9.17, 15) is 14.4 Å². The molecule has 3 amide bonds. The SMILES string of the molecule is CN(C)[C@@H](CNC(=O)[C@H](Cc1ccccc1)N1C(=O)c2ccccc2C1=O)c1ccccc1. The quantitative estimate of drug-likeness (QED) is 0.545. The predicted octanol–water partition coefficient (Wildman–Crippen LogP) is 3.31. The highest BCUT2D eigenvalue weighted by Gasteiger charge is 2.42. The third-order valence-corrected chi connectivity index (χ3v) is 5.99. The molecule has 3 aromatic rings. The molecule has 6 heteroatoms. The van der Waals surface area contributed by atoms with E-state index in [0.29, 0.717) is 17.7 Å². The van der Waals surface area contributed by atoms with Crippen LogP contribution in [0.4, 0.5) is 0 Å². The molecule has 1 N–H and O–H groups in total. The third kappa shape index (κ3) is 4.71. The number of likely N-dealkylation sites (N-methyl/N-ethyl adjacent to an activating group) is 1. The topological polar surface area (TPSA) is 69.7 Å². The van der Waals surface area contributed by atoms with E-state index in [1.165, 1.54) is 0 Å². The van der Waals surface area contributed by atoms with E-state index in [1.54, 1.807) is 24.3 Å². The Balaban J connectivity index is 1.59. The second kappa shape index (κ2) is 9.79. The molecule has 4 rings (SSSR count). The Bertz CT molecular complexity index is 1110. The van der Waals surface area contributed by atoms with Crippen LogP contribution in [0.15, 0.2) is 84.9 Å². The number of carbonyl (C=O) groups excluding carboxylic acids is 3. The molecule has 0 unspecified atom stereocenters. The number of rotatable bonds is 8. The minimum atomic E-state index is -0.946. The van der Waals surface area contributed by atoms with Gasteiger partial charge in [0.2, 0.25) is 5.91 Å². The van der Waals surface area contributed by atoms with Crippen LogP contribution in [-0.2, 0) is 11.2 Å². The number of nitrogens with one attached hydrogen (secondary N) is 1. The minimum Gasteiger partial charge on any atom is -0.352 e. The van der Waals surface area contributed by atoms with Gasteiger partial charge in [0.15, 0.2) is 0 Å². The maximum Gasteiger partial charge on any atom is 0.262 e. The fourth-order valence-electron chi connectivity index (χ4n) is 4.22. The molecule has 0 fully saturated rings. The molecule has 0 aliphatic carbocycles. The summed E-state index contributed by atoms with van der Waals surface area (Å²) in [6.07, 6.45) is 0.246. The smallest absolute Gasteiger partial charge is 0.262 e. The van der Waals surface area contributed by atoms with Crippen molar-refractivity contribution in [3.8, 4) is 0 Å². The van der Waals surface area contributed by atoms with Crippen LogP contribution in [0.3, 0.4) is 0 Å². The van der Waals surface area contributed by atoms with Crippen molar-refractivity contribution >= 4 is 17.7 Å². The second-order valence-electron chi connectivity index (χ2n) is 8.37. The van der Waals surface area contributed by atoms with Gasteiger partial charge < -0.3 is 10.2 Å². The molecule has 0 aromatic heterocycles. The molecular weight excluding hydrogens is 414 g/mol. The molecule has 3 aromatic carbocycles. The Hall–Kier alpha value is -3.77.